The minimum Gasteiger partial charge on any atom is -0.485 e. The smallest absolute Gasteiger partial charge is 0.156 e. The third-order valence-corrected chi connectivity index (χ3v) is 5.01. The monoisotopic (exact) mass is 305 g/mol. The van der Waals surface area contributed by atoms with Crippen molar-refractivity contribution in [2.75, 3.05) is 11.5 Å². The molecule has 0 saturated carbocycles. The molecule has 5 nitrogen and oxygen atoms in total. The average molecular weight is 306 g/mol. The maximum Gasteiger partial charge on any atom is 0.156 e. The minimum absolute atomic E-state index is 0.149. The standard InChI is InChI=1S/C12H16ClNO4S/c1-7(14)8-2-3-11(9(13)4-8)18-12-6-19(16,17)5-10(12)15/h2-4,7,10,12,15H,5-6,14H2,1H3/t7-,10?,12?/m0/s1. The van der Waals surface area contributed by atoms with Crippen molar-refractivity contribution in [2.24, 2.45) is 5.73 Å². The van der Waals surface area contributed by atoms with E-state index in [0.29, 0.717) is 10.8 Å². The molecule has 1 fully saturated rings. The van der Waals surface area contributed by atoms with Gasteiger partial charge in [-0.2, -0.15) is 0 Å². The molecule has 1 aliphatic heterocycles. The van der Waals surface area contributed by atoms with Gasteiger partial charge in [0.1, 0.15) is 18.0 Å². The Bertz CT molecular complexity index is 573. The molecule has 2 rings (SSSR count). The van der Waals surface area contributed by atoms with Gasteiger partial charge in [0, 0.05) is 6.04 Å². The first kappa shape index (κ1) is 14.6. The quantitative estimate of drug-likeness (QED) is 0.866. The lowest BCUT2D eigenvalue weighted by atomic mass is 10.1. The highest BCUT2D eigenvalue weighted by atomic mass is 35.5. The van der Waals surface area contributed by atoms with E-state index in [1.54, 1.807) is 18.2 Å². The maximum atomic E-state index is 11.4. The predicted octanol–water partition coefficient (Wildman–Crippen LogP) is 0.896. The van der Waals surface area contributed by atoms with E-state index in [0.717, 1.165) is 5.56 Å². The topological polar surface area (TPSA) is 89.6 Å². The number of aliphatic hydroxyl groups is 1. The summed E-state index contributed by atoms with van der Waals surface area (Å²) < 4.78 is 28.2. The molecule has 0 radical (unpaired) electrons. The fraction of sp³-hybridized carbons (Fsp3) is 0.500. The van der Waals surface area contributed by atoms with E-state index in [1.165, 1.54) is 0 Å². The fourth-order valence-electron chi connectivity index (χ4n) is 1.97. The van der Waals surface area contributed by atoms with Crippen LogP contribution in [-0.4, -0.2) is 37.2 Å². The Morgan fingerprint density at radius 1 is 1.47 bits per heavy atom. The molecule has 3 atom stereocenters. The molecule has 1 aromatic rings. The SMILES string of the molecule is C[C@H](N)c1ccc(OC2CS(=O)(=O)CC2O)c(Cl)c1. The fourth-order valence-corrected chi connectivity index (χ4v) is 3.86. The number of sulfone groups is 1. The predicted molar refractivity (Wildman–Crippen MR) is 73.1 cm³/mol. The van der Waals surface area contributed by atoms with Crippen LogP contribution in [0.2, 0.25) is 5.02 Å². The van der Waals surface area contributed by atoms with Crippen LogP contribution >= 0.6 is 11.6 Å². The largest absolute Gasteiger partial charge is 0.485 e. The number of aliphatic hydroxyl groups excluding tert-OH is 1. The van der Waals surface area contributed by atoms with Gasteiger partial charge >= 0.3 is 0 Å². The van der Waals surface area contributed by atoms with Crippen LogP contribution in [0.25, 0.3) is 0 Å². The number of rotatable bonds is 3. The second-order valence-electron chi connectivity index (χ2n) is 4.78. The Kier molecular flexibility index (Phi) is 4.06. The first-order valence-electron chi connectivity index (χ1n) is 5.88. The summed E-state index contributed by atoms with van der Waals surface area (Å²) in [5.41, 5.74) is 6.59. The number of ether oxygens (including phenoxy) is 1. The van der Waals surface area contributed by atoms with Crippen LogP contribution in [0, 0.1) is 0 Å². The number of halogens is 1. The highest BCUT2D eigenvalue weighted by Gasteiger charge is 2.38. The zero-order valence-electron chi connectivity index (χ0n) is 10.4. The second kappa shape index (κ2) is 5.28. The van der Waals surface area contributed by atoms with Gasteiger partial charge in [0.05, 0.1) is 16.5 Å². The molecular weight excluding hydrogens is 290 g/mol. The van der Waals surface area contributed by atoms with E-state index >= 15 is 0 Å². The molecule has 7 heteroatoms. The summed E-state index contributed by atoms with van der Waals surface area (Å²) in [5.74, 6) is -0.112. The molecule has 19 heavy (non-hydrogen) atoms. The van der Waals surface area contributed by atoms with Gasteiger partial charge in [-0.25, -0.2) is 8.42 Å². The summed E-state index contributed by atoms with van der Waals surface area (Å²) in [6.07, 6.45) is -1.79. The lowest BCUT2D eigenvalue weighted by molar-refractivity contribution is 0.0738. The van der Waals surface area contributed by atoms with Crippen LogP contribution in [-0.2, 0) is 9.84 Å². The van der Waals surface area contributed by atoms with Crippen LogP contribution < -0.4 is 10.5 Å². The Balaban J connectivity index is 2.16. The Labute approximate surface area is 117 Å². The van der Waals surface area contributed by atoms with Gasteiger partial charge in [0.2, 0.25) is 0 Å². The molecule has 3 N–H and O–H groups in total. The van der Waals surface area contributed by atoms with Gasteiger partial charge in [-0.15, -0.1) is 0 Å². The molecule has 0 aromatic heterocycles. The Hall–Kier alpha value is -0.820. The summed E-state index contributed by atoms with van der Waals surface area (Å²) >= 11 is 6.06. The molecule has 0 amide bonds. The van der Waals surface area contributed by atoms with Crippen molar-refractivity contribution in [2.45, 2.75) is 25.2 Å². The van der Waals surface area contributed by atoms with Crippen LogP contribution in [0.1, 0.15) is 18.5 Å². The van der Waals surface area contributed by atoms with Gasteiger partial charge in [0.15, 0.2) is 9.84 Å². The van der Waals surface area contributed by atoms with Crippen LogP contribution in [0.5, 0.6) is 5.75 Å². The summed E-state index contributed by atoms with van der Waals surface area (Å²) in [7, 11) is -3.24. The van der Waals surface area contributed by atoms with Crippen molar-refractivity contribution < 1.29 is 18.3 Å². The molecule has 1 aromatic carbocycles. The maximum absolute atomic E-state index is 11.4. The molecule has 0 spiro atoms. The van der Waals surface area contributed by atoms with E-state index in [4.69, 9.17) is 22.1 Å². The Morgan fingerprint density at radius 2 is 2.16 bits per heavy atom. The summed E-state index contributed by atoms with van der Waals surface area (Å²) in [5, 5.41) is 10.0. The second-order valence-corrected chi connectivity index (χ2v) is 7.34. The van der Waals surface area contributed by atoms with Crippen molar-refractivity contribution in [3.8, 4) is 5.75 Å². The highest BCUT2D eigenvalue weighted by molar-refractivity contribution is 7.91. The van der Waals surface area contributed by atoms with Crippen LogP contribution in [0.15, 0.2) is 18.2 Å². The van der Waals surface area contributed by atoms with E-state index in [9.17, 15) is 13.5 Å². The van der Waals surface area contributed by atoms with Gasteiger partial charge in [-0.1, -0.05) is 17.7 Å². The van der Waals surface area contributed by atoms with E-state index in [-0.39, 0.29) is 17.5 Å². The zero-order chi connectivity index (χ0) is 14.2. The third-order valence-electron chi connectivity index (χ3n) is 3.03. The molecule has 1 heterocycles. The van der Waals surface area contributed by atoms with Crippen molar-refractivity contribution in [3.63, 3.8) is 0 Å². The molecule has 1 aliphatic rings. The van der Waals surface area contributed by atoms with Crippen molar-refractivity contribution in [1.29, 1.82) is 0 Å². The van der Waals surface area contributed by atoms with Gasteiger partial charge in [0.25, 0.3) is 0 Å². The highest BCUT2D eigenvalue weighted by Crippen LogP contribution is 2.30. The average Bonchev–Trinajstić information content (AvgIpc) is 2.54. The van der Waals surface area contributed by atoms with Crippen LogP contribution in [0.4, 0.5) is 0 Å². The molecule has 106 valence electrons. The van der Waals surface area contributed by atoms with Gasteiger partial charge in [-0.3, -0.25) is 0 Å². The third kappa shape index (κ3) is 3.39. The zero-order valence-corrected chi connectivity index (χ0v) is 12.0. The normalized spacial score (nSPS) is 27.2. The lowest BCUT2D eigenvalue weighted by Crippen LogP contribution is -2.29. The first-order valence-corrected chi connectivity index (χ1v) is 8.08. The van der Waals surface area contributed by atoms with Crippen molar-refractivity contribution in [3.05, 3.63) is 28.8 Å². The van der Waals surface area contributed by atoms with E-state index < -0.39 is 22.0 Å². The molecule has 0 bridgehead atoms. The van der Waals surface area contributed by atoms with Crippen molar-refractivity contribution >= 4 is 21.4 Å². The van der Waals surface area contributed by atoms with E-state index in [1.807, 2.05) is 6.92 Å². The number of hydrogen-bond acceptors (Lipinski definition) is 5. The van der Waals surface area contributed by atoms with Gasteiger partial charge in [-0.05, 0) is 24.6 Å². The van der Waals surface area contributed by atoms with Gasteiger partial charge < -0.3 is 15.6 Å². The number of hydrogen-bond donors (Lipinski definition) is 2. The molecule has 1 saturated heterocycles. The molecular formula is C12H16ClNO4S. The summed E-state index contributed by atoms with van der Waals surface area (Å²) in [4.78, 5) is 0. The lowest BCUT2D eigenvalue weighted by Gasteiger charge is -2.17. The Morgan fingerprint density at radius 3 is 2.63 bits per heavy atom. The first-order chi connectivity index (χ1) is 8.78. The minimum atomic E-state index is -3.24. The van der Waals surface area contributed by atoms with Crippen LogP contribution in [0.3, 0.4) is 0 Å². The van der Waals surface area contributed by atoms with Crippen molar-refractivity contribution in [1.82, 2.24) is 0 Å². The summed E-state index contributed by atoms with van der Waals surface area (Å²) in [6.45, 7) is 1.83. The van der Waals surface area contributed by atoms with E-state index in [2.05, 4.69) is 0 Å². The number of benzene rings is 1. The number of nitrogens with two attached hydrogens (primary N) is 1. The molecule has 0 aliphatic carbocycles. The summed E-state index contributed by atoms with van der Waals surface area (Å²) in [6, 6.07) is 4.93. The molecule has 2 unspecified atom stereocenters.